The predicted octanol–water partition coefficient (Wildman–Crippen LogP) is 16.8. The molecule has 0 atom stereocenters. The largest absolute Gasteiger partial charge is 0.456 e. The summed E-state index contributed by atoms with van der Waals surface area (Å²) in [7, 11) is 0. The molecule has 0 bridgehead atoms. The van der Waals surface area contributed by atoms with Crippen molar-refractivity contribution >= 4 is 65.7 Å². The van der Waals surface area contributed by atoms with E-state index >= 15 is 0 Å². The summed E-state index contributed by atoms with van der Waals surface area (Å²) >= 11 is 0. The Labute approximate surface area is 396 Å². The number of hydrogen-bond donors (Lipinski definition) is 0. The second-order valence-corrected chi connectivity index (χ2v) is 17.6. The van der Waals surface area contributed by atoms with Crippen LogP contribution in [0.5, 0.6) is 0 Å². The maximum atomic E-state index is 6.62. The number of furan rings is 2. The summed E-state index contributed by atoms with van der Waals surface area (Å²) in [5, 5.41) is 6.69. The second-order valence-electron chi connectivity index (χ2n) is 17.6. The van der Waals surface area contributed by atoms with Crippen molar-refractivity contribution in [1.29, 1.82) is 0 Å². The minimum absolute atomic E-state index is 0.610. The summed E-state index contributed by atoms with van der Waals surface area (Å²) in [4.78, 5) is 14.9. The van der Waals surface area contributed by atoms with Gasteiger partial charge in [-0.25, -0.2) is 15.0 Å². The third-order valence-corrected chi connectivity index (χ3v) is 13.5. The Hall–Kier alpha value is -9.39. The molecule has 0 N–H and O–H groups in total. The van der Waals surface area contributed by atoms with Crippen LogP contribution in [0.25, 0.3) is 139 Å². The highest BCUT2D eigenvalue weighted by Crippen LogP contribution is 2.42. The standard InChI is InChI=1S/C63H38N4O2/c1-4-14-39(15-5-1)42-26-31-55-51(35-42)49-22-10-11-24-54(49)67(55)47-29-30-50-52-36-43(27-32-56(52)69-59(50)38-47)44-28-33-57-53(37-44)60-48(23-13-25-58(60)68-57)45-20-12-21-46(34-45)63-65-61(40-16-6-2-7-17-40)64-62(66-63)41-18-8-3-9-19-41/h1-38H. The van der Waals surface area contributed by atoms with Crippen LogP contribution in [0.4, 0.5) is 0 Å². The first-order chi connectivity index (χ1) is 34.2. The van der Waals surface area contributed by atoms with Gasteiger partial charge in [-0.05, 0) is 100 Å². The molecule has 0 saturated carbocycles. The van der Waals surface area contributed by atoms with E-state index in [1.54, 1.807) is 0 Å². The highest BCUT2D eigenvalue weighted by atomic mass is 16.3. The molecule has 0 fully saturated rings. The molecule has 322 valence electrons. The number of para-hydroxylation sites is 1. The molecule has 14 aromatic rings. The first kappa shape index (κ1) is 38.8. The van der Waals surface area contributed by atoms with Crippen LogP contribution in [-0.2, 0) is 0 Å². The maximum Gasteiger partial charge on any atom is 0.164 e. The zero-order valence-electron chi connectivity index (χ0n) is 37.0. The third kappa shape index (κ3) is 6.53. The van der Waals surface area contributed by atoms with Gasteiger partial charge in [0.2, 0.25) is 0 Å². The lowest BCUT2D eigenvalue weighted by molar-refractivity contribution is 0.668. The molecule has 69 heavy (non-hydrogen) atoms. The van der Waals surface area contributed by atoms with Gasteiger partial charge in [0.05, 0.1) is 11.0 Å². The summed E-state index contributed by atoms with van der Waals surface area (Å²) in [5.41, 5.74) is 16.2. The Bertz CT molecular complexity index is 4250. The average molecular weight is 883 g/mol. The molecule has 0 aliphatic rings. The normalized spacial score (nSPS) is 11.8. The van der Waals surface area contributed by atoms with E-state index in [1.165, 1.54) is 21.9 Å². The van der Waals surface area contributed by atoms with Crippen molar-refractivity contribution in [2.45, 2.75) is 0 Å². The van der Waals surface area contributed by atoms with Crippen LogP contribution in [0.2, 0.25) is 0 Å². The van der Waals surface area contributed by atoms with Gasteiger partial charge < -0.3 is 13.4 Å². The molecular formula is C63H38N4O2. The number of aromatic nitrogens is 4. The van der Waals surface area contributed by atoms with Gasteiger partial charge in [-0.3, -0.25) is 0 Å². The van der Waals surface area contributed by atoms with Crippen LogP contribution in [-0.4, -0.2) is 19.5 Å². The average Bonchev–Trinajstić information content (AvgIpc) is 4.10. The lowest BCUT2D eigenvalue weighted by Gasteiger charge is -2.10. The van der Waals surface area contributed by atoms with E-state index in [2.05, 4.69) is 168 Å². The molecule has 0 amide bonds. The van der Waals surface area contributed by atoms with Gasteiger partial charge in [0, 0.05) is 60.8 Å². The van der Waals surface area contributed by atoms with Crippen molar-refractivity contribution in [2.75, 3.05) is 0 Å². The van der Waals surface area contributed by atoms with E-state index in [1.807, 2.05) is 66.7 Å². The number of fused-ring (bicyclic) bond motifs is 9. The minimum Gasteiger partial charge on any atom is -0.456 e. The summed E-state index contributed by atoms with van der Waals surface area (Å²) in [6, 6.07) is 80.5. The van der Waals surface area contributed by atoms with Gasteiger partial charge in [0.15, 0.2) is 17.5 Å². The number of benzene rings is 10. The van der Waals surface area contributed by atoms with E-state index in [0.29, 0.717) is 17.5 Å². The Morgan fingerprint density at radius 2 is 0.812 bits per heavy atom. The van der Waals surface area contributed by atoms with Crippen LogP contribution in [0.1, 0.15) is 0 Å². The van der Waals surface area contributed by atoms with Crippen LogP contribution < -0.4 is 0 Å². The van der Waals surface area contributed by atoms with Gasteiger partial charge in [0.25, 0.3) is 0 Å². The molecule has 0 unspecified atom stereocenters. The molecule has 0 aliphatic heterocycles. The zero-order valence-corrected chi connectivity index (χ0v) is 37.0. The van der Waals surface area contributed by atoms with Crippen molar-refractivity contribution in [3.8, 4) is 73.2 Å². The predicted molar refractivity (Wildman–Crippen MR) is 281 cm³/mol. The Morgan fingerprint density at radius 3 is 1.55 bits per heavy atom. The third-order valence-electron chi connectivity index (χ3n) is 13.5. The number of nitrogens with zero attached hydrogens (tertiary/aromatic N) is 4. The molecule has 0 aliphatic carbocycles. The molecule has 0 radical (unpaired) electrons. The highest BCUT2D eigenvalue weighted by Gasteiger charge is 2.19. The van der Waals surface area contributed by atoms with Crippen molar-refractivity contribution in [2.24, 2.45) is 0 Å². The minimum atomic E-state index is 0.610. The lowest BCUT2D eigenvalue weighted by Crippen LogP contribution is -2.00. The lowest BCUT2D eigenvalue weighted by atomic mass is 9.96. The van der Waals surface area contributed by atoms with Crippen molar-refractivity contribution in [1.82, 2.24) is 19.5 Å². The van der Waals surface area contributed by atoms with Crippen LogP contribution in [0.15, 0.2) is 239 Å². The molecule has 0 spiro atoms. The first-order valence-corrected chi connectivity index (χ1v) is 23.2. The molecule has 6 nitrogen and oxygen atoms in total. The van der Waals surface area contributed by atoms with Gasteiger partial charge >= 0.3 is 0 Å². The van der Waals surface area contributed by atoms with Gasteiger partial charge in [-0.1, -0.05) is 158 Å². The van der Waals surface area contributed by atoms with Crippen molar-refractivity contribution < 1.29 is 8.83 Å². The topological polar surface area (TPSA) is 69.9 Å². The molecule has 4 heterocycles. The Kier molecular flexibility index (Phi) is 8.79. The van der Waals surface area contributed by atoms with Crippen LogP contribution >= 0.6 is 0 Å². The quantitative estimate of drug-likeness (QED) is 0.159. The van der Waals surface area contributed by atoms with E-state index in [-0.39, 0.29) is 0 Å². The van der Waals surface area contributed by atoms with E-state index in [9.17, 15) is 0 Å². The zero-order chi connectivity index (χ0) is 45.4. The number of hydrogen-bond acceptors (Lipinski definition) is 5. The van der Waals surface area contributed by atoms with Gasteiger partial charge in [-0.15, -0.1) is 0 Å². The molecule has 6 heteroatoms. The van der Waals surface area contributed by atoms with Crippen molar-refractivity contribution in [3.05, 3.63) is 231 Å². The van der Waals surface area contributed by atoms with Crippen LogP contribution in [0, 0.1) is 0 Å². The fourth-order valence-electron chi connectivity index (χ4n) is 10.2. The molecule has 10 aromatic carbocycles. The van der Waals surface area contributed by atoms with Crippen LogP contribution in [0.3, 0.4) is 0 Å². The molecule has 0 saturated heterocycles. The van der Waals surface area contributed by atoms with Crippen molar-refractivity contribution in [3.63, 3.8) is 0 Å². The van der Waals surface area contributed by atoms with E-state index in [4.69, 9.17) is 23.8 Å². The number of rotatable bonds is 7. The fourth-order valence-corrected chi connectivity index (χ4v) is 10.2. The maximum absolute atomic E-state index is 6.62. The fraction of sp³-hybridized carbons (Fsp3) is 0. The highest BCUT2D eigenvalue weighted by molar-refractivity contribution is 6.14. The molecule has 14 rings (SSSR count). The summed E-state index contributed by atoms with van der Waals surface area (Å²) in [6.45, 7) is 0. The summed E-state index contributed by atoms with van der Waals surface area (Å²) in [5.74, 6) is 1.87. The van der Waals surface area contributed by atoms with E-state index < -0.39 is 0 Å². The van der Waals surface area contributed by atoms with Gasteiger partial charge in [-0.2, -0.15) is 0 Å². The Balaban J connectivity index is 0.843. The first-order valence-electron chi connectivity index (χ1n) is 23.2. The Morgan fingerprint density at radius 1 is 0.275 bits per heavy atom. The molecule has 4 aromatic heterocycles. The van der Waals surface area contributed by atoms with Gasteiger partial charge in [0.1, 0.15) is 22.3 Å². The monoisotopic (exact) mass is 882 g/mol. The summed E-state index contributed by atoms with van der Waals surface area (Å²) in [6.07, 6.45) is 0. The SMILES string of the molecule is c1ccc(-c2ccc3c(c2)c2ccccc2n3-c2ccc3c(c2)oc2ccc(-c4ccc5oc6cccc(-c7cccc(-c8nc(-c9ccccc9)nc(-c9ccccc9)n8)c7)c6c5c4)cc23)cc1. The molecular weight excluding hydrogens is 845 g/mol. The smallest absolute Gasteiger partial charge is 0.164 e. The second kappa shape index (κ2) is 15.6. The van der Waals surface area contributed by atoms with E-state index in [0.717, 1.165) is 99.5 Å². The summed E-state index contributed by atoms with van der Waals surface area (Å²) < 4.78 is 15.5.